The van der Waals surface area contributed by atoms with Gasteiger partial charge in [0.2, 0.25) is 5.91 Å². The molecule has 1 heterocycles. The zero-order valence-electron chi connectivity index (χ0n) is 15.3. The summed E-state index contributed by atoms with van der Waals surface area (Å²) in [5.41, 5.74) is 2.05. The SMILES string of the molecule is COc1ccc(OC)c(C2CCCN2C(=O)COCc2ccccc2)c1. The van der Waals surface area contributed by atoms with Crippen LogP contribution in [-0.2, 0) is 16.1 Å². The maximum absolute atomic E-state index is 12.7. The molecule has 0 aromatic heterocycles. The van der Waals surface area contributed by atoms with Gasteiger partial charge in [-0.15, -0.1) is 0 Å². The van der Waals surface area contributed by atoms with E-state index in [1.165, 1.54) is 0 Å². The molecule has 138 valence electrons. The van der Waals surface area contributed by atoms with Gasteiger partial charge in [0.25, 0.3) is 0 Å². The fourth-order valence-electron chi connectivity index (χ4n) is 3.40. The van der Waals surface area contributed by atoms with Gasteiger partial charge in [0.15, 0.2) is 0 Å². The van der Waals surface area contributed by atoms with Crippen molar-refractivity contribution in [2.45, 2.75) is 25.5 Å². The summed E-state index contributed by atoms with van der Waals surface area (Å²) in [7, 11) is 3.29. The second kappa shape index (κ2) is 8.72. The molecule has 1 aliphatic heterocycles. The molecule has 0 spiro atoms. The van der Waals surface area contributed by atoms with Gasteiger partial charge >= 0.3 is 0 Å². The molecule has 5 heteroatoms. The Bertz CT molecular complexity index is 732. The average Bonchev–Trinajstić information content (AvgIpc) is 3.18. The molecule has 0 saturated carbocycles. The minimum absolute atomic E-state index is 0.00660. The van der Waals surface area contributed by atoms with Crippen molar-refractivity contribution in [3.8, 4) is 11.5 Å². The molecule has 0 aliphatic carbocycles. The molecule has 0 N–H and O–H groups in total. The highest BCUT2D eigenvalue weighted by Gasteiger charge is 2.32. The van der Waals surface area contributed by atoms with Crippen LogP contribution in [0.1, 0.15) is 30.0 Å². The number of amides is 1. The summed E-state index contributed by atoms with van der Waals surface area (Å²) >= 11 is 0. The molecule has 26 heavy (non-hydrogen) atoms. The Morgan fingerprint density at radius 1 is 1.12 bits per heavy atom. The fourth-order valence-corrected chi connectivity index (χ4v) is 3.40. The van der Waals surface area contributed by atoms with Crippen LogP contribution in [0.5, 0.6) is 11.5 Å². The third-order valence-electron chi connectivity index (χ3n) is 4.71. The molecule has 1 saturated heterocycles. The van der Waals surface area contributed by atoms with Crippen LogP contribution in [0.3, 0.4) is 0 Å². The van der Waals surface area contributed by atoms with Gasteiger partial charge in [-0.1, -0.05) is 30.3 Å². The van der Waals surface area contributed by atoms with Crippen molar-refractivity contribution >= 4 is 5.91 Å². The average molecular weight is 355 g/mol. The molecule has 3 rings (SSSR count). The Kier molecular flexibility index (Phi) is 6.12. The van der Waals surface area contributed by atoms with Crippen LogP contribution in [0.4, 0.5) is 0 Å². The summed E-state index contributed by atoms with van der Waals surface area (Å²) in [6.45, 7) is 1.25. The Morgan fingerprint density at radius 3 is 2.65 bits per heavy atom. The van der Waals surface area contributed by atoms with Crippen molar-refractivity contribution < 1.29 is 19.0 Å². The molecular weight excluding hydrogens is 330 g/mol. The number of methoxy groups -OCH3 is 2. The lowest BCUT2D eigenvalue weighted by molar-refractivity contribution is -0.137. The summed E-state index contributed by atoms with van der Waals surface area (Å²) in [5.74, 6) is 1.55. The van der Waals surface area contributed by atoms with Gasteiger partial charge in [0.05, 0.1) is 26.9 Å². The lowest BCUT2D eigenvalue weighted by Gasteiger charge is -2.26. The van der Waals surface area contributed by atoms with E-state index < -0.39 is 0 Å². The molecule has 2 aromatic rings. The van der Waals surface area contributed by atoms with E-state index >= 15 is 0 Å². The van der Waals surface area contributed by atoms with E-state index in [0.29, 0.717) is 6.61 Å². The molecule has 1 aliphatic rings. The number of nitrogens with zero attached hydrogens (tertiary/aromatic N) is 1. The van der Waals surface area contributed by atoms with Crippen LogP contribution in [-0.4, -0.2) is 38.2 Å². The van der Waals surface area contributed by atoms with Crippen LogP contribution in [0.2, 0.25) is 0 Å². The first kappa shape index (κ1) is 18.3. The first-order valence-corrected chi connectivity index (χ1v) is 8.86. The van der Waals surface area contributed by atoms with E-state index in [-0.39, 0.29) is 18.6 Å². The molecule has 2 aromatic carbocycles. The third-order valence-corrected chi connectivity index (χ3v) is 4.71. The topological polar surface area (TPSA) is 48.0 Å². The van der Waals surface area contributed by atoms with E-state index in [1.807, 2.05) is 53.4 Å². The lowest BCUT2D eigenvalue weighted by atomic mass is 10.0. The largest absolute Gasteiger partial charge is 0.497 e. The van der Waals surface area contributed by atoms with Crippen molar-refractivity contribution in [2.75, 3.05) is 27.4 Å². The van der Waals surface area contributed by atoms with E-state index in [1.54, 1.807) is 14.2 Å². The minimum atomic E-state index is -0.00660. The first-order valence-electron chi connectivity index (χ1n) is 8.86. The number of hydrogen-bond acceptors (Lipinski definition) is 4. The van der Waals surface area contributed by atoms with Gasteiger partial charge in [-0.05, 0) is 36.6 Å². The Hall–Kier alpha value is -2.53. The van der Waals surface area contributed by atoms with Gasteiger partial charge in [-0.3, -0.25) is 4.79 Å². The minimum Gasteiger partial charge on any atom is -0.497 e. The van der Waals surface area contributed by atoms with Gasteiger partial charge in [0.1, 0.15) is 18.1 Å². The highest BCUT2D eigenvalue weighted by Crippen LogP contribution is 2.38. The van der Waals surface area contributed by atoms with Crippen molar-refractivity contribution in [1.29, 1.82) is 0 Å². The van der Waals surface area contributed by atoms with Crippen LogP contribution in [0, 0.1) is 0 Å². The van der Waals surface area contributed by atoms with Crippen LogP contribution < -0.4 is 9.47 Å². The predicted molar refractivity (Wildman–Crippen MR) is 99.3 cm³/mol. The van der Waals surface area contributed by atoms with Gasteiger partial charge < -0.3 is 19.1 Å². The molecule has 1 atom stereocenters. The van der Waals surface area contributed by atoms with Crippen molar-refractivity contribution in [3.05, 3.63) is 59.7 Å². The van der Waals surface area contributed by atoms with Crippen molar-refractivity contribution in [3.63, 3.8) is 0 Å². The zero-order valence-corrected chi connectivity index (χ0v) is 15.3. The Labute approximate surface area is 154 Å². The Morgan fingerprint density at radius 2 is 1.92 bits per heavy atom. The molecule has 0 radical (unpaired) electrons. The van der Waals surface area contributed by atoms with Gasteiger partial charge in [-0.25, -0.2) is 0 Å². The second-order valence-corrected chi connectivity index (χ2v) is 6.33. The highest BCUT2D eigenvalue weighted by molar-refractivity contribution is 5.78. The first-order chi connectivity index (χ1) is 12.7. The number of hydrogen-bond donors (Lipinski definition) is 0. The summed E-state index contributed by atoms with van der Waals surface area (Å²) in [4.78, 5) is 14.6. The monoisotopic (exact) mass is 355 g/mol. The standard InChI is InChI=1S/C21H25NO4/c1-24-17-10-11-20(25-2)18(13-17)19-9-6-12-22(19)21(23)15-26-14-16-7-4-3-5-8-16/h3-5,7-8,10-11,13,19H,6,9,12,14-15H2,1-2H3. The number of carbonyl (C=O) groups is 1. The number of benzene rings is 2. The lowest BCUT2D eigenvalue weighted by Crippen LogP contribution is -2.33. The van der Waals surface area contributed by atoms with Gasteiger partial charge in [0, 0.05) is 12.1 Å². The summed E-state index contributed by atoms with van der Waals surface area (Å²) in [6, 6.07) is 15.6. The van der Waals surface area contributed by atoms with E-state index in [9.17, 15) is 4.79 Å². The molecule has 0 bridgehead atoms. The van der Waals surface area contributed by atoms with Crippen LogP contribution >= 0.6 is 0 Å². The highest BCUT2D eigenvalue weighted by atomic mass is 16.5. The molecular formula is C21H25NO4. The maximum atomic E-state index is 12.7. The molecule has 1 unspecified atom stereocenters. The number of carbonyl (C=O) groups excluding carboxylic acids is 1. The smallest absolute Gasteiger partial charge is 0.249 e. The number of ether oxygens (including phenoxy) is 3. The summed E-state index contributed by atoms with van der Waals surface area (Å²) in [5, 5.41) is 0. The van der Waals surface area contributed by atoms with Crippen molar-refractivity contribution in [1.82, 2.24) is 4.90 Å². The zero-order chi connectivity index (χ0) is 18.4. The van der Waals surface area contributed by atoms with E-state index in [4.69, 9.17) is 14.2 Å². The van der Waals surface area contributed by atoms with Crippen molar-refractivity contribution in [2.24, 2.45) is 0 Å². The molecule has 1 amide bonds. The van der Waals surface area contributed by atoms with E-state index in [0.717, 1.165) is 42.0 Å². The van der Waals surface area contributed by atoms with Crippen LogP contribution in [0.25, 0.3) is 0 Å². The fraction of sp³-hybridized carbons (Fsp3) is 0.381. The summed E-state index contributed by atoms with van der Waals surface area (Å²) < 4.78 is 16.5. The Balaban J connectivity index is 1.67. The number of likely N-dealkylation sites (tertiary alicyclic amines) is 1. The number of rotatable bonds is 7. The van der Waals surface area contributed by atoms with Gasteiger partial charge in [-0.2, -0.15) is 0 Å². The predicted octanol–water partition coefficient (Wildman–Crippen LogP) is 3.58. The van der Waals surface area contributed by atoms with Crippen LogP contribution in [0.15, 0.2) is 48.5 Å². The van der Waals surface area contributed by atoms with E-state index in [2.05, 4.69) is 0 Å². The summed E-state index contributed by atoms with van der Waals surface area (Å²) in [6.07, 6.45) is 1.88. The quantitative estimate of drug-likeness (QED) is 0.762. The molecule has 1 fully saturated rings. The third kappa shape index (κ3) is 4.17. The maximum Gasteiger partial charge on any atom is 0.249 e. The molecule has 5 nitrogen and oxygen atoms in total. The normalized spacial score (nSPS) is 16.5. The second-order valence-electron chi connectivity index (χ2n) is 6.33.